The van der Waals surface area contributed by atoms with E-state index in [1.54, 1.807) is 0 Å². The van der Waals surface area contributed by atoms with Gasteiger partial charge in [-0.2, -0.15) is 4.98 Å². The molecule has 0 radical (unpaired) electrons. The zero-order valence-corrected chi connectivity index (χ0v) is 16.8. The quantitative estimate of drug-likeness (QED) is 0.864. The van der Waals surface area contributed by atoms with Crippen LogP contribution in [0.3, 0.4) is 0 Å². The summed E-state index contributed by atoms with van der Waals surface area (Å²) in [5.41, 5.74) is 3.26. The Bertz CT molecular complexity index is 804. The van der Waals surface area contributed by atoms with Crippen LogP contribution >= 0.6 is 12.4 Å². The van der Waals surface area contributed by atoms with Gasteiger partial charge in [-0.25, -0.2) is 0 Å². The molecular weight excluding hydrogens is 366 g/mol. The summed E-state index contributed by atoms with van der Waals surface area (Å²) in [6.45, 7) is 7.47. The average Bonchev–Trinajstić information content (AvgIpc) is 3.21. The van der Waals surface area contributed by atoms with Crippen LogP contribution < -0.4 is 10.2 Å². The van der Waals surface area contributed by atoms with Crippen LogP contribution in [0, 0.1) is 13.8 Å². The molecule has 1 amide bonds. The summed E-state index contributed by atoms with van der Waals surface area (Å²) in [4.78, 5) is 21.6. The molecule has 2 aromatic rings. The van der Waals surface area contributed by atoms with E-state index in [-0.39, 0.29) is 30.3 Å². The zero-order valence-electron chi connectivity index (χ0n) is 15.9. The average molecular weight is 392 g/mol. The Hall–Kier alpha value is -1.96. The van der Waals surface area contributed by atoms with Crippen LogP contribution in [-0.4, -0.2) is 54.2 Å². The number of rotatable bonds is 3. The number of hydrogen-bond acceptors (Lipinski definition) is 6. The van der Waals surface area contributed by atoms with E-state index in [0.717, 1.165) is 36.4 Å². The Morgan fingerprint density at radius 1 is 1.19 bits per heavy atom. The fourth-order valence-electron chi connectivity index (χ4n) is 3.89. The molecule has 1 N–H and O–H groups in total. The first-order valence-corrected chi connectivity index (χ1v) is 9.17. The first-order chi connectivity index (χ1) is 12.5. The van der Waals surface area contributed by atoms with Gasteiger partial charge in [-0.15, -0.1) is 12.4 Å². The van der Waals surface area contributed by atoms with Crippen molar-refractivity contribution in [2.24, 2.45) is 0 Å². The van der Waals surface area contributed by atoms with E-state index in [4.69, 9.17) is 4.52 Å². The van der Waals surface area contributed by atoms with E-state index in [9.17, 15) is 4.79 Å². The number of nitrogens with one attached hydrogen (secondary N) is 1. The molecule has 2 atom stereocenters. The second-order valence-electron chi connectivity index (χ2n) is 7.37. The largest absolute Gasteiger partial charge is 0.338 e. The lowest BCUT2D eigenvalue weighted by atomic mass is 10.1. The maximum Gasteiger partial charge on any atom is 0.239 e. The lowest BCUT2D eigenvalue weighted by Crippen LogP contribution is -2.44. The second-order valence-corrected chi connectivity index (χ2v) is 7.37. The van der Waals surface area contributed by atoms with Crippen molar-refractivity contribution in [3.8, 4) is 0 Å². The molecule has 27 heavy (non-hydrogen) atoms. The minimum absolute atomic E-state index is 0. The number of aryl methyl sites for hydroxylation is 2. The van der Waals surface area contributed by atoms with Gasteiger partial charge in [0.1, 0.15) is 5.92 Å². The van der Waals surface area contributed by atoms with Crippen LogP contribution in [0.2, 0.25) is 0 Å². The third-order valence-corrected chi connectivity index (χ3v) is 5.29. The molecule has 4 rings (SSSR count). The summed E-state index contributed by atoms with van der Waals surface area (Å²) in [6, 6.07) is 6.30. The highest BCUT2D eigenvalue weighted by Gasteiger charge is 2.38. The Kier molecular flexibility index (Phi) is 5.83. The van der Waals surface area contributed by atoms with Gasteiger partial charge in [-0.1, -0.05) is 11.2 Å². The lowest BCUT2D eigenvalue weighted by molar-refractivity contribution is -0.118. The van der Waals surface area contributed by atoms with Gasteiger partial charge in [0.2, 0.25) is 11.8 Å². The van der Waals surface area contributed by atoms with Crippen molar-refractivity contribution >= 4 is 24.0 Å². The van der Waals surface area contributed by atoms with Crippen LogP contribution in [0.5, 0.6) is 0 Å². The molecule has 2 aliphatic heterocycles. The predicted molar refractivity (Wildman–Crippen MR) is 105 cm³/mol. The van der Waals surface area contributed by atoms with Gasteiger partial charge in [0.15, 0.2) is 5.82 Å². The van der Waals surface area contributed by atoms with Gasteiger partial charge in [0.25, 0.3) is 0 Å². The summed E-state index contributed by atoms with van der Waals surface area (Å²) < 4.78 is 5.49. The first kappa shape index (κ1) is 19.8. The highest BCUT2D eigenvalue weighted by Crippen LogP contribution is 2.33. The van der Waals surface area contributed by atoms with Gasteiger partial charge < -0.3 is 14.7 Å². The SMILES string of the molecule is Cc1cc(C)cc(N2CCC(c3nc(C4CNCCN4C)no3)C2=O)c1.Cl. The number of anilines is 1. The molecule has 7 nitrogen and oxygen atoms in total. The molecule has 8 heteroatoms. The van der Waals surface area contributed by atoms with Gasteiger partial charge in [-0.05, 0) is 50.6 Å². The smallest absolute Gasteiger partial charge is 0.239 e. The molecule has 2 unspecified atom stereocenters. The second kappa shape index (κ2) is 7.96. The van der Waals surface area contributed by atoms with Gasteiger partial charge in [0.05, 0.1) is 6.04 Å². The van der Waals surface area contributed by atoms with Crippen LogP contribution in [0.25, 0.3) is 0 Å². The van der Waals surface area contributed by atoms with Crippen molar-refractivity contribution in [2.45, 2.75) is 32.2 Å². The van der Waals surface area contributed by atoms with E-state index in [2.05, 4.69) is 45.6 Å². The van der Waals surface area contributed by atoms with Crippen LogP contribution in [0.15, 0.2) is 22.7 Å². The van der Waals surface area contributed by atoms with E-state index >= 15 is 0 Å². The van der Waals surface area contributed by atoms with Gasteiger partial charge in [-0.3, -0.25) is 9.69 Å². The Morgan fingerprint density at radius 2 is 1.93 bits per heavy atom. The topological polar surface area (TPSA) is 74.5 Å². The van der Waals surface area contributed by atoms with Crippen molar-refractivity contribution in [2.75, 3.05) is 38.1 Å². The monoisotopic (exact) mass is 391 g/mol. The highest BCUT2D eigenvalue weighted by molar-refractivity contribution is 5.99. The molecular formula is C19H26ClN5O2. The molecule has 2 aliphatic rings. The molecule has 146 valence electrons. The van der Waals surface area contributed by atoms with Crippen molar-refractivity contribution in [3.05, 3.63) is 41.0 Å². The fourth-order valence-corrected chi connectivity index (χ4v) is 3.89. The lowest BCUT2D eigenvalue weighted by Gasteiger charge is -2.30. The number of carbonyl (C=O) groups excluding carboxylic acids is 1. The third kappa shape index (κ3) is 3.85. The zero-order chi connectivity index (χ0) is 18.3. The normalized spacial score (nSPS) is 23.5. The molecule has 1 aromatic heterocycles. The van der Waals surface area contributed by atoms with Gasteiger partial charge in [0, 0.05) is 31.9 Å². The van der Waals surface area contributed by atoms with Crippen molar-refractivity contribution in [1.82, 2.24) is 20.4 Å². The number of halogens is 1. The molecule has 0 bridgehead atoms. The van der Waals surface area contributed by atoms with Crippen molar-refractivity contribution in [3.63, 3.8) is 0 Å². The molecule has 0 saturated carbocycles. The molecule has 1 aromatic carbocycles. The Balaban J connectivity index is 0.00000210. The number of benzene rings is 1. The van der Waals surface area contributed by atoms with Crippen LogP contribution in [-0.2, 0) is 4.79 Å². The van der Waals surface area contributed by atoms with Crippen molar-refractivity contribution < 1.29 is 9.32 Å². The number of amides is 1. The summed E-state index contributed by atoms with van der Waals surface area (Å²) in [6.07, 6.45) is 0.701. The number of hydrogen-bond donors (Lipinski definition) is 1. The first-order valence-electron chi connectivity index (χ1n) is 9.17. The molecule has 2 saturated heterocycles. The Labute approximate surface area is 165 Å². The predicted octanol–water partition coefficient (Wildman–Crippen LogP) is 2.20. The minimum atomic E-state index is -0.348. The summed E-state index contributed by atoms with van der Waals surface area (Å²) >= 11 is 0. The van der Waals surface area contributed by atoms with E-state index < -0.39 is 0 Å². The molecule has 0 spiro atoms. The third-order valence-electron chi connectivity index (χ3n) is 5.29. The summed E-state index contributed by atoms with van der Waals surface area (Å²) in [7, 11) is 2.06. The Morgan fingerprint density at radius 3 is 2.63 bits per heavy atom. The molecule has 0 aliphatic carbocycles. The minimum Gasteiger partial charge on any atom is -0.338 e. The highest BCUT2D eigenvalue weighted by atomic mass is 35.5. The van der Waals surface area contributed by atoms with Crippen molar-refractivity contribution in [1.29, 1.82) is 0 Å². The number of carbonyl (C=O) groups is 1. The molecule has 2 fully saturated rings. The standard InChI is InChI=1S/C19H25N5O2.ClH/c1-12-8-13(2)10-14(9-12)24-6-4-15(19(24)25)18-21-17(22-26-18)16-11-20-5-7-23(16)3;/h8-10,15-16,20H,4-7,11H2,1-3H3;1H. The maximum absolute atomic E-state index is 13.0. The summed E-state index contributed by atoms with van der Waals surface area (Å²) in [5.74, 6) is 0.794. The van der Waals surface area contributed by atoms with Crippen LogP contribution in [0.4, 0.5) is 5.69 Å². The van der Waals surface area contributed by atoms with E-state index in [1.807, 2.05) is 18.7 Å². The number of aromatic nitrogens is 2. The van der Waals surface area contributed by atoms with E-state index in [0.29, 0.717) is 24.7 Å². The number of piperazine rings is 1. The molecule has 3 heterocycles. The number of nitrogens with zero attached hydrogens (tertiary/aromatic N) is 4. The maximum atomic E-state index is 13.0. The summed E-state index contributed by atoms with van der Waals surface area (Å²) in [5, 5.41) is 7.51. The fraction of sp³-hybridized carbons (Fsp3) is 0.526. The van der Waals surface area contributed by atoms with E-state index in [1.165, 1.54) is 0 Å². The van der Waals surface area contributed by atoms with Crippen LogP contribution in [0.1, 0.15) is 41.2 Å². The number of likely N-dealkylation sites (N-methyl/N-ethyl adjacent to an activating group) is 1. The van der Waals surface area contributed by atoms with Gasteiger partial charge >= 0.3 is 0 Å².